The fraction of sp³-hybridized carbons (Fsp3) is 0.467. The Morgan fingerprint density at radius 2 is 2.10 bits per heavy atom. The van der Waals surface area contributed by atoms with Gasteiger partial charge in [0.15, 0.2) is 0 Å². The van der Waals surface area contributed by atoms with Crippen LogP contribution in [0, 0.1) is 6.92 Å². The van der Waals surface area contributed by atoms with Crippen molar-refractivity contribution in [2.24, 2.45) is 5.73 Å². The number of anilines is 1. The molecule has 0 bridgehead atoms. The Morgan fingerprint density at radius 1 is 1.38 bits per heavy atom. The summed E-state index contributed by atoms with van der Waals surface area (Å²) >= 11 is 0. The molecule has 2 amide bonds. The summed E-state index contributed by atoms with van der Waals surface area (Å²) < 4.78 is 0. The summed E-state index contributed by atoms with van der Waals surface area (Å²) in [5.74, 6) is -0.362. The summed E-state index contributed by atoms with van der Waals surface area (Å²) in [4.78, 5) is 27.3. The van der Waals surface area contributed by atoms with Crippen molar-refractivity contribution in [3.05, 3.63) is 29.3 Å². The molecule has 6 nitrogen and oxygen atoms in total. The Hall–Kier alpha value is -2.08. The zero-order valence-corrected chi connectivity index (χ0v) is 12.7. The number of hydrogen-bond donors (Lipinski definition) is 2. The molecule has 1 aliphatic rings. The maximum absolute atomic E-state index is 12.3. The molecular weight excluding hydrogens is 268 g/mol. The van der Waals surface area contributed by atoms with E-state index in [1.807, 2.05) is 19.1 Å². The van der Waals surface area contributed by atoms with Crippen LogP contribution in [-0.2, 0) is 4.79 Å². The van der Waals surface area contributed by atoms with Gasteiger partial charge in [0.05, 0.1) is 0 Å². The van der Waals surface area contributed by atoms with Crippen molar-refractivity contribution < 1.29 is 9.59 Å². The lowest BCUT2D eigenvalue weighted by molar-refractivity contribution is -0.130. The number of amides is 2. The quantitative estimate of drug-likeness (QED) is 0.819. The number of carbonyl (C=O) groups is 2. The Labute approximate surface area is 124 Å². The molecule has 114 valence electrons. The Bertz CT molecular complexity index is 557. The highest BCUT2D eigenvalue weighted by molar-refractivity contribution is 5.95. The van der Waals surface area contributed by atoms with Crippen molar-refractivity contribution in [3.63, 3.8) is 0 Å². The van der Waals surface area contributed by atoms with Crippen LogP contribution in [0.5, 0.6) is 0 Å². The average Bonchev–Trinajstić information content (AvgIpc) is 2.45. The summed E-state index contributed by atoms with van der Waals surface area (Å²) in [6.07, 6.45) is 0. The summed E-state index contributed by atoms with van der Waals surface area (Å²) in [5, 5.41) is 3.25. The van der Waals surface area contributed by atoms with Crippen LogP contribution in [0.4, 0.5) is 5.69 Å². The van der Waals surface area contributed by atoms with Crippen molar-refractivity contribution in [2.75, 3.05) is 38.6 Å². The maximum Gasteiger partial charge on any atom is 0.248 e. The zero-order chi connectivity index (χ0) is 15.6. The molecule has 0 spiro atoms. The molecule has 1 unspecified atom stereocenters. The minimum atomic E-state index is -0.430. The molecule has 0 aliphatic carbocycles. The van der Waals surface area contributed by atoms with E-state index in [1.165, 1.54) is 0 Å². The smallest absolute Gasteiger partial charge is 0.248 e. The van der Waals surface area contributed by atoms with E-state index < -0.39 is 5.91 Å². The van der Waals surface area contributed by atoms with Gasteiger partial charge in [-0.15, -0.1) is 0 Å². The number of carbonyl (C=O) groups excluding carboxylic acids is 2. The van der Waals surface area contributed by atoms with E-state index >= 15 is 0 Å². The van der Waals surface area contributed by atoms with Gasteiger partial charge in [0, 0.05) is 45.0 Å². The first-order valence-corrected chi connectivity index (χ1v) is 7.01. The van der Waals surface area contributed by atoms with Gasteiger partial charge < -0.3 is 20.9 Å². The number of rotatable bonds is 3. The van der Waals surface area contributed by atoms with Crippen LogP contribution in [0.25, 0.3) is 0 Å². The first kappa shape index (κ1) is 15.3. The van der Waals surface area contributed by atoms with Gasteiger partial charge in [-0.1, -0.05) is 0 Å². The molecule has 2 rings (SSSR count). The Morgan fingerprint density at radius 3 is 2.67 bits per heavy atom. The third-order valence-electron chi connectivity index (χ3n) is 3.78. The minimum Gasteiger partial charge on any atom is -0.366 e. The van der Waals surface area contributed by atoms with Crippen LogP contribution in [0.3, 0.4) is 0 Å². The van der Waals surface area contributed by atoms with E-state index in [0.29, 0.717) is 12.1 Å². The van der Waals surface area contributed by atoms with Crippen molar-refractivity contribution in [1.82, 2.24) is 10.2 Å². The van der Waals surface area contributed by atoms with Gasteiger partial charge in [0.1, 0.15) is 6.04 Å². The zero-order valence-electron chi connectivity index (χ0n) is 12.7. The number of nitrogens with zero attached hydrogens (tertiary/aromatic N) is 2. The van der Waals surface area contributed by atoms with Gasteiger partial charge in [0.25, 0.3) is 0 Å². The molecule has 0 aromatic heterocycles. The monoisotopic (exact) mass is 290 g/mol. The summed E-state index contributed by atoms with van der Waals surface area (Å²) in [7, 11) is 3.52. The number of hydrogen-bond acceptors (Lipinski definition) is 4. The van der Waals surface area contributed by atoms with E-state index in [9.17, 15) is 9.59 Å². The summed E-state index contributed by atoms with van der Waals surface area (Å²) in [6.45, 7) is 4.05. The third kappa shape index (κ3) is 3.16. The number of nitrogens with two attached hydrogens (primary N) is 1. The van der Waals surface area contributed by atoms with Crippen molar-refractivity contribution in [1.29, 1.82) is 0 Å². The highest BCUT2D eigenvalue weighted by atomic mass is 16.2. The lowest BCUT2D eigenvalue weighted by Gasteiger charge is -2.38. The molecule has 1 fully saturated rings. The molecule has 1 aliphatic heterocycles. The standard InChI is InChI=1S/C15H22N4O2/c1-10-8-11(4-5-12(10)14(16)20)19-7-6-17-9-13(19)15(21)18(2)3/h4-5,8,13,17H,6-7,9H2,1-3H3,(H2,16,20). The van der Waals surface area contributed by atoms with Crippen LogP contribution in [0.1, 0.15) is 15.9 Å². The van der Waals surface area contributed by atoms with Crippen LogP contribution < -0.4 is 16.0 Å². The molecule has 0 radical (unpaired) electrons. The maximum atomic E-state index is 12.3. The van der Waals surface area contributed by atoms with E-state index in [-0.39, 0.29) is 11.9 Å². The molecule has 0 saturated carbocycles. The number of likely N-dealkylation sites (N-methyl/N-ethyl adjacent to an activating group) is 1. The average molecular weight is 290 g/mol. The van der Waals surface area contributed by atoms with Gasteiger partial charge in [-0.05, 0) is 30.7 Å². The fourth-order valence-corrected chi connectivity index (χ4v) is 2.63. The van der Waals surface area contributed by atoms with Gasteiger partial charge in [-0.2, -0.15) is 0 Å². The molecule has 1 saturated heterocycles. The first-order valence-electron chi connectivity index (χ1n) is 7.01. The van der Waals surface area contributed by atoms with Crippen molar-refractivity contribution in [2.45, 2.75) is 13.0 Å². The lowest BCUT2D eigenvalue weighted by atomic mass is 10.0. The highest BCUT2D eigenvalue weighted by Gasteiger charge is 2.30. The van der Waals surface area contributed by atoms with Gasteiger partial charge >= 0.3 is 0 Å². The van der Waals surface area contributed by atoms with Crippen molar-refractivity contribution >= 4 is 17.5 Å². The molecule has 1 atom stereocenters. The summed E-state index contributed by atoms with van der Waals surface area (Å²) in [5.41, 5.74) is 7.63. The number of benzene rings is 1. The third-order valence-corrected chi connectivity index (χ3v) is 3.78. The predicted molar refractivity (Wildman–Crippen MR) is 82.4 cm³/mol. The first-order chi connectivity index (χ1) is 9.91. The second kappa shape index (κ2) is 6.13. The van der Waals surface area contributed by atoms with Crippen LogP contribution in [-0.4, -0.2) is 56.5 Å². The number of nitrogens with one attached hydrogen (secondary N) is 1. The van der Waals surface area contributed by atoms with E-state index in [4.69, 9.17) is 5.73 Å². The van der Waals surface area contributed by atoms with Crippen LogP contribution >= 0.6 is 0 Å². The second-order valence-electron chi connectivity index (χ2n) is 5.51. The van der Waals surface area contributed by atoms with Gasteiger partial charge in [-0.3, -0.25) is 9.59 Å². The Kier molecular flexibility index (Phi) is 4.47. The minimum absolute atomic E-state index is 0.0684. The molecule has 1 aromatic carbocycles. The normalized spacial score (nSPS) is 18.4. The van der Waals surface area contributed by atoms with Gasteiger partial charge in [-0.25, -0.2) is 0 Å². The molecule has 6 heteroatoms. The highest BCUT2D eigenvalue weighted by Crippen LogP contribution is 2.22. The molecule has 21 heavy (non-hydrogen) atoms. The molecule has 3 N–H and O–H groups in total. The Balaban J connectivity index is 2.31. The molecule has 1 aromatic rings. The predicted octanol–water partition coefficient (Wildman–Crippen LogP) is -0.0397. The number of piperazine rings is 1. The number of aryl methyl sites for hydroxylation is 1. The molecule has 1 heterocycles. The van der Waals surface area contributed by atoms with Crippen LogP contribution in [0.15, 0.2) is 18.2 Å². The van der Waals surface area contributed by atoms with Crippen molar-refractivity contribution in [3.8, 4) is 0 Å². The lowest BCUT2D eigenvalue weighted by Crippen LogP contribution is -2.57. The van der Waals surface area contributed by atoms with E-state index in [0.717, 1.165) is 24.3 Å². The topological polar surface area (TPSA) is 78.7 Å². The second-order valence-corrected chi connectivity index (χ2v) is 5.51. The largest absolute Gasteiger partial charge is 0.366 e. The molecular formula is C15H22N4O2. The summed E-state index contributed by atoms with van der Waals surface area (Å²) in [6, 6.07) is 5.27. The van der Waals surface area contributed by atoms with E-state index in [1.54, 1.807) is 25.1 Å². The number of primary amides is 1. The van der Waals surface area contributed by atoms with E-state index in [2.05, 4.69) is 10.2 Å². The van der Waals surface area contributed by atoms with Gasteiger partial charge in [0.2, 0.25) is 11.8 Å². The van der Waals surface area contributed by atoms with Crippen LogP contribution in [0.2, 0.25) is 0 Å². The SMILES string of the molecule is Cc1cc(N2CCNCC2C(=O)N(C)C)ccc1C(N)=O. The fourth-order valence-electron chi connectivity index (χ4n) is 2.63.